The number of hydrogen-bond acceptors (Lipinski definition) is 6. The minimum atomic E-state index is -3.58. The summed E-state index contributed by atoms with van der Waals surface area (Å²) < 4.78 is 38.9. The molecule has 2 fully saturated rings. The maximum atomic E-state index is 13.3. The van der Waals surface area contributed by atoms with Gasteiger partial charge >= 0.3 is 0 Å². The van der Waals surface area contributed by atoms with Gasteiger partial charge in [-0.3, -0.25) is 4.79 Å². The van der Waals surface area contributed by atoms with Crippen LogP contribution < -0.4 is 9.47 Å². The normalized spacial score (nSPS) is 18.1. The predicted molar refractivity (Wildman–Crippen MR) is 134 cm³/mol. The quantitative estimate of drug-likeness (QED) is 0.381. The average molecular weight is 522 g/mol. The van der Waals surface area contributed by atoms with Gasteiger partial charge in [0, 0.05) is 37.8 Å². The first-order chi connectivity index (χ1) is 16.8. The van der Waals surface area contributed by atoms with Gasteiger partial charge < -0.3 is 14.4 Å². The van der Waals surface area contributed by atoms with Crippen LogP contribution in [0.15, 0.2) is 41.3 Å². The molecule has 3 heterocycles. The van der Waals surface area contributed by atoms with Crippen molar-refractivity contribution in [1.82, 2.24) is 14.2 Å². The molecule has 0 aliphatic carbocycles. The van der Waals surface area contributed by atoms with Crippen molar-refractivity contribution < 1.29 is 22.7 Å². The fourth-order valence-electron chi connectivity index (χ4n) is 4.77. The first-order valence-electron chi connectivity index (χ1n) is 12.0. The number of halogens is 1. The van der Waals surface area contributed by atoms with Crippen LogP contribution in [0.3, 0.4) is 0 Å². The van der Waals surface area contributed by atoms with E-state index in [1.54, 1.807) is 45.6 Å². The average Bonchev–Trinajstić information content (AvgIpc) is 3.28. The molecule has 1 spiro atoms. The van der Waals surface area contributed by atoms with Gasteiger partial charge in [0.2, 0.25) is 15.9 Å². The van der Waals surface area contributed by atoms with Gasteiger partial charge in [-0.15, -0.1) is 0 Å². The summed E-state index contributed by atoms with van der Waals surface area (Å²) in [5.74, 6) is 0.859. The Morgan fingerprint density at radius 3 is 2.46 bits per heavy atom. The van der Waals surface area contributed by atoms with E-state index in [0.29, 0.717) is 50.0 Å². The maximum Gasteiger partial charge on any atom is 0.254 e. The predicted octanol–water partition coefficient (Wildman–Crippen LogP) is 4.24. The summed E-state index contributed by atoms with van der Waals surface area (Å²) in [7, 11) is -2.10. The molecule has 0 atom stereocenters. The van der Waals surface area contributed by atoms with Gasteiger partial charge in [-0.2, -0.15) is 4.31 Å². The number of methoxy groups -OCH3 is 1. The fraction of sp³-hybridized carbons (Fsp3) is 0.520. The van der Waals surface area contributed by atoms with E-state index in [2.05, 4.69) is 11.9 Å². The molecular formula is C25H32ClN3O5S. The molecular weight excluding hydrogens is 490 g/mol. The second kappa shape index (κ2) is 10.7. The largest absolute Gasteiger partial charge is 0.494 e. The highest BCUT2D eigenvalue weighted by molar-refractivity contribution is 7.89. The van der Waals surface area contributed by atoms with Gasteiger partial charge in [-0.25, -0.2) is 13.4 Å². The lowest BCUT2D eigenvalue weighted by Gasteiger charge is -2.39. The van der Waals surface area contributed by atoms with Crippen LogP contribution in [0, 0.1) is 5.41 Å². The first kappa shape index (κ1) is 25.7. The minimum absolute atomic E-state index is 0.110. The summed E-state index contributed by atoms with van der Waals surface area (Å²) in [6, 6.07) is 9.81. The molecule has 2 aromatic rings. The Kier molecular flexibility index (Phi) is 7.88. The molecule has 0 N–H and O–H groups in total. The Balaban J connectivity index is 1.37. The summed E-state index contributed by atoms with van der Waals surface area (Å²) in [5.41, 5.74) is 0.330. The molecule has 0 radical (unpaired) electrons. The van der Waals surface area contributed by atoms with Gasteiger partial charge in [0.1, 0.15) is 10.9 Å². The van der Waals surface area contributed by atoms with E-state index in [1.807, 2.05) is 0 Å². The van der Waals surface area contributed by atoms with E-state index >= 15 is 0 Å². The Morgan fingerprint density at radius 1 is 1.11 bits per heavy atom. The SMILES string of the molecule is CCCCOc1ccc(S(=O)(=O)N2CCC3(CCN(C(=O)c4cc(Cl)nc(OC)c4)CC3)C2)cc1. The van der Waals surface area contributed by atoms with E-state index in [-0.39, 0.29) is 21.4 Å². The Bertz CT molecular complexity index is 1150. The molecule has 0 saturated carbocycles. The van der Waals surface area contributed by atoms with Crippen LogP contribution in [0.5, 0.6) is 11.6 Å². The molecule has 1 aromatic heterocycles. The fourth-order valence-corrected chi connectivity index (χ4v) is 6.52. The third-order valence-corrected chi connectivity index (χ3v) is 9.02. The van der Waals surface area contributed by atoms with Gasteiger partial charge in [0.15, 0.2) is 0 Å². The number of nitrogens with zero attached hydrogens (tertiary/aromatic N) is 3. The van der Waals surface area contributed by atoms with Crippen LogP contribution in [0.25, 0.3) is 0 Å². The van der Waals surface area contributed by atoms with Gasteiger partial charge in [0.05, 0.1) is 18.6 Å². The second-order valence-corrected chi connectivity index (χ2v) is 11.6. The number of pyridine rings is 1. The number of piperidine rings is 1. The number of ether oxygens (including phenoxy) is 2. The summed E-state index contributed by atoms with van der Waals surface area (Å²) in [6.07, 6.45) is 4.31. The molecule has 2 aliphatic heterocycles. The number of benzene rings is 1. The zero-order valence-corrected chi connectivity index (χ0v) is 21.8. The molecule has 1 amide bonds. The summed E-state index contributed by atoms with van der Waals surface area (Å²) in [6.45, 7) is 4.82. The lowest BCUT2D eigenvalue weighted by atomic mass is 9.78. The van der Waals surface area contributed by atoms with E-state index < -0.39 is 10.0 Å². The van der Waals surface area contributed by atoms with Crippen molar-refractivity contribution in [2.24, 2.45) is 5.41 Å². The van der Waals surface area contributed by atoms with E-state index in [1.165, 1.54) is 7.11 Å². The lowest BCUT2D eigenvalue weighted by molar-refractivity contribution is 0.0599. The molecule has 10 heteroatoms. The van der Waals surface area contributed by atoms with Crippen molar-refractivity contribution >= 4 is 27.5 Å². The number of amides is 1. The Morgan fingerprint density at radius 2 is 1.80 bits per heavy atom. The third kappa shape index (κ3) is 5.73. The van der Waals surface area contributed by atoms with Crippen LogP contribution in [-0.2, 0) is 10.0 Å². The van der Waals surface area contributed by atoms with Crippen LogP contribution >= 0.6 is 11.6 Å². The van der Waals surface area contributed by atoms with Crippen LogP contribution in [0.2, 0.25) is 5.15 Å². The van der Waals surface area contributed by atoms with Crippen molar-refractivity contribution in [2.75, 3.05) is 39.9 Å². The van der Waals surface area contributed by atoms with Crippen LogP contribution in [-0.4, -0.2) is 68.4 Å². The number of sulfonamides is 1. The highest BCUT2D eigenvalue weighted by Gasteiger charge is 2.45. The number of likely N-dealkylation sites (tertiary alicyclic amines) is 1. The zero-order chi connectivity index (χ0) is 25.1. The molecule has 1 aromatic carbocycles. The molecule has 35 heavy (non-hydrogen) atoms. The number of hydrogen-bond donors (Lipinski definition) is 0. The summed E-state index contributed by atoms with van der Waals surface area (Å²) >= 11 is 6.03. The smallest absolute Gasteiger partial charge is 0.254 e. The van der Waals surface area contributed by atoms with Gasteiger partial charge in [-0.05, 0) is 61.4 Å². The molecule has 8 nitrogen and oxygen atoms in total. The van der Waals surface area contributed by atoms with Crippen molar-refractivity contribution in [3.05, 3.63) is 47.1 Å². The van der Waals surface area contributed by atoms with Crippen molar-refractivity contribution in [1.29, 1.82) is 0 Å². The number of carbonyl (C=O) groups excluding carboxylic acids is 1. The molecule has 0 bridgehead atoms. The monoisotopic (exact) mass is 521 g/mol. The third-order valence-electron chi connectivity index (χ3n) is 6.97. The number of rotatable bonds is 8. The highest BCUT2D eigenvalue weighted by Crippen LogP contribution is 2.42. The topological polar surface area (TPSA) is 89.0 Å². The standard InChI is InChI=1S/C25H32ClN3O5S/c1-3-4-15-34-20-5-7-21(8-6-20)35(31,32)29-14-11-25(18-29)9-12-28(13-10-25)24(30)19-16-22(26)27-23(17-19)33-2/h5-8,16-17H,3-4,9-15,18H2,1-2H3. The Labute approximate surface area is 212 Å². The van der Waals surface area contributed by atoms with Crippen LogP contribution in [0.4, 0.5) is 0 Å². The molecule has 2 aliphatic rings. The van der Waals surface area contributed by atoms with Gasteiger partial charge in [0.25, 0.3) is 5.91 Å². The minimum Gasteiger partial charge on any atom is -0.494 e. The number of carbonyl (C=O) groups is 1. The summed E-state index contributed by atoms with van der Waals surface area (Å²) in [4.78, 5) is 19.1. The molecule has 190 valence electrons. The highest BCUT2D eigenvalue weighted by atomic mass is 35.5. The lowest BCUT2D eigenvalue weighted by Crippen LogP contribution is -2.44. The molecule has 2 saturated heterocycles. The van der Waals surface area contributed by atoms with Crippen LogP contribution in [0.1, 0.15) is 49.4 Å². The van der Waals surface area contributed by atoms with E-state index in [4.69, 9.17) is 21.1 Å². The number of aromatic nitrogens is 1. The van der Waals surface area contributed by atoms with Crippen molar-refractivity contribution in [3.8, 4) is 11.6 Å². The first-order valence-corrected chi connectivity index (χ1v) is 13.8. The molecule has 0 unspecified atom stereocenters. The zero-order valence-electron chi connectivity index (χ0n) is 20.2. The van der Waals surface area contributed by atoms with Gasteiger partial charge in [-0.1, -0.05) is 24.9 Å². The summed E-state index contributed by atoms with van der Waals surface area (Å²) in [5, 5.41) is 0.207. The second-order valence-electron chi connectivity index (χ2n) is 9.28. The van der Waals surface area contributed by atoms with E-state index in [0.717, 1.165) is 32.1 Å². The number of unbranched alkanes of at least 4 members (excludes halogenated alkanes) is 1. The van der Waals surface area contributed by atoms with E-state index in [9.17, 15) is 13.2 Å². The van der Waals surface area contributed by atoms with Crippen molar-refractivity contribution in [3.63, 3.8) is 0 Å². The maximum absolute atomic E-state index is 13.3. The van der Waals surface area contributed by atoms with Crippen molar-refractivity contribution in [2.45, 2.75) is 43.9 Å². The Hall–Kier alpha value is -2.36. The molecule has 4 rings (SSSR count).